The molecule has 23 heavy (non-hydrogen) atoms. The zero-order valence-electron chi connectivity index (χ0n) is 12.5. The molecule has 2 unspecified atom stereocenters. The zero-order valence-corrected chi connectivity index (χ0v) is 14.0. The molecule has 3 rings (SSSR count). The molecule has 5 nitrogen and oxygen atoms in total. The van der Waals surface area contributed by atoms with Crippen molar-refractivity contribution in [2.45, 2.75) is 12.5 Å². The summed E-state index contributed by atoms with van der Waals surface area (Å²) in [6.07, 6.45) is -0.154. The maximum atomic E-state index is 12.0. The summed E-state index contributed by atoms with van der Waals surface area (Å²) >= 11 is 7.64. The van der Waals surface area contributed by atoms with Crippen LogP contribution in [0.2, 0.25) is 5.02 Å². The minimum absolute atomic E-state index is 0.0769. The monoisotopic (exact) mass is 351 g/mol. The first-order valence-corrected chi connectivity index (χ1v) is 8.74. The number of carbonyl (C=O) groups excluding carboxylic acids is 1. The van der Waals surface area contributed by atoms with E-state index >= 15 is 0 Å². The number of aliphatic hydroxyl groups excluding tert-OH is 1. The van der Waals surface area contributed by atoms with Crippen LogP contribution in [0.3, 0.4) is 0 Å². The van der Waals surface area contributed by atoms with Crippen molar-refractivity contribution in [1.29, 1.82) is 0 Å². The summed E-state index contributed by atoms with van der Waals surface area (Å²) < 4.78 is 0. The van der Waals surface area contributed by atoms with E-state index in [1.807, 2.05) is 29.6 Å². The van der Waals surface area contributed by atoms with E-state index in [1.54, 1.807) is 0 Å². The fourth-order valence-corrected chi connectivity index (χ4v) is 3.69. The van der Waals surface area contributed by atoms with Crippen LogP contribution in [0, 0.1) is 5.92 Å². The second kappa shape index (κ2) is 7.40. The summed E-state index contributed by atoms with van der Waals surface area (Å²) in [5.74, 6) is -0.00632. The third-order valence-electron chi connectivity index (χ3n) is 3.86. The Balaban J connectivity index is 1.56. The van der Waals surface area contributed by atoms with Crippen molar-refractivity contribution in [2.75, 3.05) is 19.6 Å². The summed E-state index contributed by atoms with van der Waals surface area (Å²) in [5, 5.41) is 19.0. The number of hydrogen-bond donors (Lipinski definition) is 3. The second-order valence-corrected chi connectivity index (χ2v) is 6.86. The first kappa shape index (κ1) is 16.4. The Morgan fingerprint density at radius 1 is 1.43 bits per heavy atom. The van der Waals surface area contributed by atoms with Crippen LogP contribution in [0.5, 0.6) is 0 Å². The van der Waals surface area contributed by atoms with Crippen molar-refractivity contribution in [1.82, 2.24) is 15.6 Å². The highest BCUT2D eigenvalue weighted by Crippen LogP contribution is 2.30. The number of carbonyl (C=O) groups is 1. The molecule has 0 saturated carbocycles. The molecule has 1 aromatic carbocycles. The van der Waals surface area contributed by atoms with Gasteiger partial charge in [-0.1, -0.05) is 29.8 Å². The summed E-state index contributed by atoms with van der Waals surface area (Å²) in [7, 11) is 0. The van der Waals surface area contributed by atoms with Crippen LogP contribution in [-0.2, 0) is 11.2 Å². The molecule has 1 aliphatic rings. The first-order chi connectivity index (χ1) is 11.1. The maximum absolute atomic E-state index is 12.0. The van der Waals surface area contributed by atoms with E-state index in [0.29, 0.717) is 18.1 Å². The van der Waals surface area contributed by atoms with Crippen molar-refractivity contribution in [2.24, 2.45) is 5.92 Å². The van der Waals surface area contributed by atoms with Gasteiger partial charge >= 0.3 is 0 Å². The van der Waals surface area contributed by atoms with E-state index < -0.39 is 0 Å². The van der Waals surface area contributed by atoms with Crippen LogP contribution < -0.4 is 10.6 Å². The molecule has 1 saturated heterocycles. The first-order valence-electron chi connectivity index (χ1n) is 7.48. The lowest BCUT2D eigenvalue weighted by molar-refractivity contribution is -0.120. The van der Waals surface area contributed by atoms with Crippen molar-refractivity contribution in [3.8, 4) is 10.6 Å². The molecular weight excluding hydrogens is 334 g/mol. The Morgan fingerprint density at radius 2 is 2.26 bits per heavy atom. The molecule has 2 aromatic rings. The minimum atomic E-state index is -0.388. The van der Waals surface area contributed by atoms with Crippen molar-refractivity contribution in [3.05, 3.63) is 40.4 Å². The Bertz CT molecular complexity index is 691. The van der Waals surface area contributed by atoms with Crippen molar-refractivity contribution in [3.63, 3.8) is 0 Å². The Kier molecular flexibility index (Phi) is 5.27. The van der Waals surface area contributed by atoms with Crippen LogP contribution in [-0.4, -0.2) is 41.7 Å². The van der Waals surface area contributed by atoms with E-state index in [-0.39, 0.29) is 24.3 Å². The van der Waals surface area contributed by atoms with E-state index in [4.69, 9.17) is 11.6 Å². The predicted octanol–water partition coefficient (Wildman–Crippen LogP) is 1.70. The van der Waals surface area contributed by atoms with Gasteiger partial charge in [-0.05, 0) is 6.07 Å². The molecule has 2 heterocycles. The van der Waals surface area contributed by atoms with E-state index in [2.05, 4.69) is 15.6 Å². The van der Waals surface area contributed by atoms with Gasteiger partial charge in [0.15, 0.2) is 0 Å². The molecule has 7 heteroatoms. The lowest BCUT2D eigenvalue weighted by atomic mass is 10.1. The Hall–Kier alpha value is -1.47. The fraction of sp³-hybridized carbons (Fsp3) is 0.375. The van der Waals surface area contributed by atoms with Crippen LogP contribution in [0.15, 0.2) is 29.6 Å². The van der Waals surface area contributed by atoms with Gasteiger partial charge in [-0.3, -0.25) is 4.79 Å². The number of benzene rings is 1. The normalized spacial score (nSPS) is 20.6. The fourth-order valence-electron chi connectivity index (χ4n) is 2.55. The Morgan fingerprint density at radius 3 is 3.00 bits per heavy atom. The van der Waals surface area contributed by atoms with Gasteiger partial charge in [0.1, 0.15) is 5.01 Å². The average molecular weight is 352 g/mol. The quantitative estimate of drug-likeness (QED) is 0.766. The third-order valence-corrected chi connectivity index (χ3v) is 5.12. The standard InChI is InChI=1S/C16H18ClN3O2S/c17-13-4-2-1-3-12(13)16-20-11(9-23-16)5-15(22)19-7-10-6-18-8-14(10)21/h1-4,9-10,14,18,21H,5-8H2,(H,19,22). The molecule has 1 fully saturated rings. The van der Waals surface area contributed by atoms with Gasteiger partial charge in [0.05, 0.1) is 23.2 Å². The van der Waals surface area contributed by atoms with Crippen LogP contribution in [0.25, 0.3) is 10.6 Å². The molecule has 1 amide bonds. The molecule has 1 aliphatic heterocycles. The number of β-amino-alcohol motifs (C(OH)–C–C–N with tert-alkyl or cyclic N) is 1. The van der Waals surface area contributed by atoms with Gasteiger partial charge in [0.2, 0.25) is 5.91 Å². The zero-order chi connectivity index (χ0) is 16.2. The number of aliphatic hydroxyl groups is 1. The summed E-state index contributed by atoms with van der Waals surface area (Å²) in [5.41, 5.74) is 1.61. The van der Waals surface area contributed by atoms with Crippen molar-refractivity contribution >= 4 is 28.8 Å². The van der Waals surface area contributed by atoms with Crippen LogP contribution >= 0.6 is 22.9 Å². The molecule has 0 aliphatic carbocycles. The van der Waals surface area contributed by atoms with E-state index in [9.17, 15) is 9.90 Å². The van der Waals surface area contributed by atoms with Crippen LogP contribution in [0.4, 0.5) is 0 Å². The molecule has 122 valence electrons. The Labute approximate surface area is 143 Å². The second-order valence-electron chi connectivity index (χ2n) is 5.59. The average Bonchev–Trinajstić information content (AvgIpc) is 3.15. The van der Waals surface area contributed by atoms with Gasteiger partial charge in [-0.25, -0.2) is 4.98 Å². The van der Waals surface area contributed by atoms with E-state index in [1.165, 1.54) is 11.3 Å². The number of rotatable bonds is 5. The topological polar surface area (TPSA) is 74.2 Å². The highest BCUT2D eigenvalue weighted by atomic mass is 35.5. The molecule has 0 spiro atoms. The highest BCUT2D eigenvalue weighted by Gasteiger charge is 2.25. The number of halogens is 1. The number of aromatic nitrogens is 1. The molecule has 1 aromatic heterocycles. The van der Waals surface area contributed by atoms with Crippen molar-refractivity contribution < 1.29 is 9.90 Å². The number of amides is 1. The van der Waals surface area contributed by atoms with Gasteiger partial charge in [-0.15, -0.1) is 11.3 Å². The molecular formula is C16H18ClN3O2S. The minimum Gasteiger partial charge on any atom is -0.391 e. The summed E-state index contributed by atoms with van der Waals surface area (Å²) in [6, 6.07) is 7.53. The smallest absolute Gasteiger partial charge is 0.226 e. The number of thiazole rings is 1. The van der Waals surface area contributed by atoms with Gasteiger partial charge < -0.3 is 15.7 Å². The van der Waals surface area contributed by atoms with Crippen LogP contribution in [0.1, 0.15) is 5.69 Å². The number of nitrogens with zero attached hydrogens (tertiary/aromatic N) is 1. The molecule has 2 atom stereocenters. The van der Waals surface area contributed by atoms with Gasteiger partial charge in [0, 0.05) is 36.5 Å². The molecule has 0 bridgehead atoms. The lowest BCUT2D eigenvalue weighted by Gasteiger charge is -2.13. The molecule has 0 radical (unpaired) electrons. The largest absolute Gasteiger partial charge is 0.391 e. The predicted molar refractivity (Wildman–Crippen MR) is 91.6 cm³/mol. The maximum Gasteiger partial charge on any atom is 0.226 e. The SMILES string of the molecule is O=C(Cc1csc(-c2ccccc2Cl)n1)NCC1CNCC1O. The van der Waals surface area contributed by atoms with Gasteiger partial charge in [0.25, 0.3) is 0 Å². The summed E-state index contributed by atoms with van der Waals surface area (Å²) in [6.45, 7) is 1.80. The highest BCUT2D eigenvalue weighted by molar-refractivity contribution is 7.13. The molecule has 3 N–H and O–H groups in total. The number of hydrogen-bond acceptors (Lipinski definition) is 5. The third kappa shape index (κ3) is 4.09. The van der Waals surface area contributed by atoms with E-state index in [0.717, 1.165) is 22.8 Å². The lowest BCUT2D eigenvalue weighted by Crippen LogP contribution is -2.35. The summed E-state index contributed by atoms with van der Waals surface area (Å²) in [4.78, 5) is 16.5. The van der Waals surface area contributed by atoms with Gasteiger partial charge in [-0.2, -0.15) is 0 Å². The number of nitrogens with one attached hydrogen (secondary N) is 2.